The molecule has 0 unspecified atom stereocenters. The molecule has 0 aromatic carbocycles. The quantitative estimate of drug-likeness (QED) is 0.387. The Bertz CT molecular complexity index is 7.61. The number of hydrogen-bond donors (Lipinski definition) is 0. The Hall–Kier alpha value is 0.670. The Morgan fingerprint density at radius 3 is 0.800 bits per heavy atom. The topological polar surface area (TPSA) is 31.5 Å². The number of halogens is 2. The SMILES string of the molecule is O.[B]Cl.[B]Cl. The Kier molecular flexibility index (Phi) is 486. The van der Waals surface area contributed by atoms with E-state index in [9.17, 15) is 0 Å². The summed E-state index contributed by atoms with van der Waals surface area (Å²) in [6.07, 6.45) is 0. The fourth-order valence-corrected chi connectivity index (χ4v) is 0. The van der Waals surface area contributed by atoms with Gasteiger partial charge in [0, 0.05) is 0 Å². The average molecular weight is 111 g/mol. The van der Waals surface area contributed by atoms with Crippen LogP contribution >= 0.6 is 22.9 Å². The van der Waals surface area contributed by atoms with Crippen LogP contribution in [0.4, 0.5) is 0 Å². The van der Waals surface area contributed by atoms with Crippen LogP contribution in [0.2, 0.25) is 0 Å². The second-order valence-corrected chi connectivity index (χ2v) is 0. The van der Waals surface area contributed by atoms with Gasteiger partial charge in [-0.1, -0.05) is 0 Å². The van der Waals surface area contributed by atoms with E-state index in [-0.39, 0.29) is 5.48 Å². The molecule has 0 aliphatic heterocycles. The lowest BCUT2D eigenvalue weighted by molar-refractivity contribution is 0.824. The predicted octanol–water partition coefficient (Wildman–Crippen LogP) is -0.207. The van der Waals surface area contributed by atoms with E-state index in [0.29, 0.717) is 0 Å². The Labute approximate surface area is 43.6 Å². The molecule has 0 aliphatic carbocycles. The zero-order valence-corrected chi connectivity index (χ0v) is 3.92. The Morgan fingerprint density at radius 2 is 0.800 bits per heavy atom. The normalized spacial score (nSPS) is 2.00. The average Bonchev–Trinajstić information content (AvgIpc) is 1.50. The zero-order valence-electron chi connectivity index (χ0n) is 2.41. The lowest BCUT2D eigenvalue weighted by Gasteiger charge is -1.02. The van der Waals surface area contributed by atoms with Crippen molar-refractivity contribution in [2.75, 3.05) is 0 Å². The third-order valence-corrected chi connectivity index (χ3v) is 0. The molecule has 0 atom stereocenters. The minimum atomic E-state index is 0. The summed E-state index contributed by atoms with van der Waals surface area (Å²) in [7, 11) is 7.94. The fraction of sp³-hybridized carbons (Fsp3) is 0. The summed E-state index contributed by atoms with van der Waals surface area (Å²) >= 11 is 8.28. The summed E-state index contributed by atoms with van der Waals surface area (Å²) < 4.78 is 0. The van der Waals surface area contributed by atoms with Crippen LogP contribution in [0.3, 0.4) is 0 Å². The van der Waals surface area contributed by atoms with Crippen LogP contribution in [-0.2, 0) is 0 Å². The number of rotatable bonds is 0. The van der Waals surface area contributed by atoms with Crippen LogP contribution in [0.5, 0.6) is 0 Å². The van der Waals surface area contributed by atoms with Gasteiger partial charge in [0.1, 0.15) is 0 Å². The molecule has 0 bridgehead atoms. The van der Waals surface area contributed by atoms with E-state index >= 15 is 0 Å². The molecule has 0 aromatic rings. The van der Waals surface area contributed by atoms with Crippen molar-refractivity contribution >= 4 is 37.4 Å². The molecule has 0 saturated carbocycles. The van der Waals surface area contributed by atoms with Gasteiger partial charge in [-0.25, -0.2) is 22.9 Å². The van der Waals surface area contributed by atoms with Crippen molar-refractivity contribution in [1.82, 2.24) is 0 Å². The van der Waals surface area contributed by atoms with Crippen molar-refractivity contribution in [1.29, 1.82) is 0 Å². The molecule has 0 fully saturated rings. The van der Waals surface area contributed by atoms with Gasteiger partial charge in [-0.15, -0.1) is 0 Å². The highest BCUT2D eigenvalue weighted by atomic mass is 35.5. The van der Waals surface area contributed by atoms with Crippen molar-refractivity contribution in [3.63, 3.8) is 0 Å². The first kappa shape index (κ1) is 17.3. The predicted molar refractivity (Wildman–Crippen MR) is 26.8 cm³/mol. The van der Waals surface area contributed by atoms with Gasteiger partial charge in [0.2, 0.25) is 14.5 Å². The molecule has 0 saturated heterocycles. The first-order valence-corrected chi connectivity index (χ1v) is 1.31. The van der Waals surface area contributed by atoms with E-state index in [1.54, 1.807) is 0 Å². The van der Waals surface area contributed by atoms with Crippen LogP contribution < -0.4 is 0 Å². The minimum Gasteiger partial charge on any atom is -0.412 e. The van der Waals surface area contributed by atoms with E-state index in [2.05, 4.69) is 37.4 Å². The van der Waals surface area contributed by atoms with Crippen molar-refractivity contribution < 1.29 is 5.48 Å². The maximum atomic E-state index is 4.14. The lowest BCUT2D eigenvalue weighted by Crippen LogP contribution is -0.980. The number of hydrogen-bond acceptors (Lipinski definition) is 0. The highest BCUT2D eigenvalue weighted by Crippen LogP contribution is 1.29. The summed E-state index contributed by atoms with van der Waals surface area (Å²) in [6.45, 7) is 0. The summed E-state index contributed by atoms with van der Waals surface area (Å²) in [5.41, 5.74) is 0. The third kappa shape index (κ3) is 74.2. The molecule has 4 radical (unpaired) electrons. The lowest BCUT2D eigenvalue weighted by atomic mass is 10.8. The van der Waals surface area contributed by atoms with Gasteiger partial charge in [-0.2, -0.15) is 0 Å². The van der Waals surface area contributed by atoms with E-state index in [0.717, 1.165) is 0 Å². The molecule has 0 spiro atoms. The van der Waals surface area contributed by atoms with Crippen molar-refractivity contribution in [2.24, 2.45) is 0 Å². The molecule has 1 nitrogen and oxygen atoms in total. The maximum Gasteiger partial charge on any atom is 0.214 e. The molecule has 0 amide bonds. The van der Waals surface area contributed by atoms with Crippen molar-refractivity contribution in [3.8, 4) is 0 Å². The molecule has 5 heavy (non-hydrogen) atoms. The van der Waals surface area contributed by atoms with E-state index in [4.69, 9.17) is 0 Å². The van der Waals surface area contributed by atoms with E-state index < -0.39 is 0 Å². The Morgan fingerprint density at radius 1 is 0.800 bits per heavy atom. The first-order valence-electron chi connectivity index (χ1n) is 0.436. The fourth-order valence-electron chi connectivity index (χ4n) is 0. The summed E-state index contributed by atoms with van der Waals surface area (Å²) in [6, 6.07) is 0. The Balaban J connectivity index is -0.0000000133. The van der Waals surface area contributed by atoms with Gasteiger partial charge in [-0.3, -0.25) is 0 Å². The molecule has 28 valence electrons. The van der Waals surface area contributed by atoms with Gasteiger partial charge in [-0.05, 0) is 0 Å². The molecule has 0 aliphatic rings. The van der Waals surface area contributed by atoms with Gasteiger partial charge in [0.15, 0.2) is 0 Å². The molecule has 0 rings (SSSR count). The van der Waals surface area contributed by atoms with Gasteiger partial charge >= 0.3 is 0 Å². The monoisotopic (exact) mass is 110 g/mol. The third-order valence-electron chi connectivity index (χ3n) is 0. The summed E-state index contributed by atoms with van der Waals surface area (Å²) in [5.74, 6) is 0. The molecule has 5 heteroatoms. The van der Waals surface area contributed by atoms with Crippen LogP contribution in [0, 0.1) is 0 Å². The largest absolute Gasteiger partial charge is 0.412 e. The van der Waals surface area contributed by atoms with Gasteiger partial charge < -0.3 is 5.48 Å². The molecule has 0 heterocycles. The van der Waals surface area contributed by atoms with Crippen LogP contribution in [0.25, 0.3) is 0 Å². The highest BCUT2D eigenvalue weighted by Gasteiger charge is 1.02. The van der Waals surface area contributed by atoms with E-state index in [1.165, 1.54) is 0 Å². The second-order valence-electron chi connectivity index (χ2n) is 0. The second kappa shape index (κ2) is 140. The molecular weight excluding hydrogens is 109 g/mol. The van der Waals surface area contributed by atoms with Crippen molar-refractivity contribution in [2.45, 2.75) is 0 Å². The zero-order chi connectivity index (χ0) is 4.00. The highest BCUT2D eigenvalue weighted by molar-refractivity contribution is 6.81. The van der Waals surface area contributed by atoms with Crippen LogP contribution in [0.15, 0.2) is 0 Å². The maximum absolute atomic E-state index is 4.14. The van der Waals surface area contributed by atoms with Gasteiger partial charge in [0.05, 0.1) is 0 Å². The van der Waals surface area contributed by atoms with Crippen molar-refractivity contribution in [3.05, 3.63) is 0 Å². The summed E-state index contributed by atoms with van der Waals surface area (Å²) in [4.78, 5) is 0. The van der Waals surface area contributed by atoms with E-state index in [1.807, 2.05) is 0 Å². The minimum absolute atomic E-state index is 0. The molecule has 2 N–H and O–H groups in total. The smallest absolute Gasteiger partial charge is 0.214 e. The van der Waals surface area contributed by atoms with Crippen LogP contribution in [-0.4, -0.2) is 20.0 Å². The first-order chi connectivity index (χ1) is 2.00. The summed E-state index contributed by atoms with van der Waals surface area (Å²) in [5, 5.41) is 0. The molecule has 0 aromatic heterocycles. The standard InChI is InChI=1S/2BCl.H2O/c2*1-2;/h;;1H2. The van der Waals surface area contributed by atoms with Crippen LogP contribution in [0.1, 0.15) is 0 Å². The molecular formula is H2B2Cl2O. The van der Waals surface area contributed by atoms with Gasteiger partial charge in [0.25, 0.3) is 0 Å².